The van der Waals surface area contributed by atoms with Gasteiger partial charge in [0, 0.05) is 23.0 Å². The molecule has 3 nitrogen and oxygen atoms in total. The topological polar surface area (TPSA) is 36.5 Å². The third kappa shape index (κ3) is 3.70. The van der Waals surface area contributed by atoms with Crippen LogP contribution < -0.4 is 4.57 Å². The van der Waals surface area contributed by atoms with Crippen LogP contribution in [0, 0.1) is 0 Å². The lowest BCUT2D eigenvalue weighted by Crippen LogP contribution is -2.31. The molecule has 0 radical (unpaired) electrons. The Bertz CT molecular complexity index is 319. The summed E-state index contributed by atoms with van der Waals surface area (Å²) in [5.74, 6) is 0. The van der Waals surface area contributed by atoms with Gasteiger partial charge in [0.25, 0.3) is 0 Å². The summed E-state index contributed by atoms with van der Waals surface area (Å²) in [6, 6.07) is 3.78. The fourth-order valence-corrected chi connectivity index (χ4v) is 1.27. The van der Waals surface area contributed by atoms with E-state index in [2.05, 4.69) is 33.2 Å². The van der Waals surface area contributed by atoms with Gasteiger partial charge in [0.1, 0.15) is 0 Å². The Kier molecular flexibility index (Phi) is 4.93. The molecule has 0 aliphatic rings. The molecule has 1 aromatic rings. The zero-order valence-corrected chi connectivity index (χ0v) is 9.26. The number of halogens is 1. The zero-order valence-electron chi connectivity index (χ0n) is 7.68. The lowest BCUT2D eigenvalue weighted by Gasteiger charge is -1.92. The molecule has 0 fully saturated rings. The van der Waals surface area contributed by atoms with Crippen LogP contribution in [0.3, 0.4) is 0 Å². The van der Waals surface area contributed by atoms with E-state index in [1.54, 1.807) is 0 Å². The molecular weight excluding hydrogens is 244 g/mol. The fourth-order valence-electron chi connectivity index (χ4n) is 1.00. The maximum Gasteiger partial charge on any atom is 0.169 e. The molecule has 0 aliphatic heterocycles. The Balaban J connectivity index is 2.59. The molecule has 0 aliphatic carbocycles. The van der Waals surface area contributed by atoms with Crippen LogP contribution in [0.5, 0.6) is 0 Å². The van der Waals surface area contributed by atoms with E-state index in [-0.39, 0.29) is 0 Å². The summed E-state index contributed by atoms with van der Waals surface area (Å²) in [7, 11) is 0. The third-order valence-electron chi connectivity index (χ3n) is 1.70. The van der Waals surface area contributed by atoms with Gasteiger partial charge in [-0.3, -0.25) is 0 Å². The van der Waals surface area contributed by atoms with Crippen molar-refractivity contribution in [2.75, 3.05) is 5.33 Å². The number of hydrogen-bond acceptors (Lipinski definition) is 2. The van der Waals surface area contributed by atoms with Crippen LogP contribution in [0.2, 0.25) is 0 Å². The van der Waals surface area contributed by atoms with Crippen LogP contribution in [-0.2, 0) is 6.54 Å². The molecule has 0 saturated heterocycles. The Hall–Kier alpha value is -1.16. The summed E-state index contributed by atoms with van der Waals surface area (Å²) in [5, 5.41) is 12.1. The first-order valence-corrected chi connectivity index (χ1v) is 5.36. The number of oxime groups is 1. The second kappa shape index (κ2) is 6.32. The average Bonchev–Trinajstić information content (AvgIpc) is 2.21. The van der Waals surface area contributed by atoms with Crippen molar-refractivity contribution < 1.29 is 9.77 Å². The Morgan fingerprint density at radius 2 is 2.07 bits per heavy atom. The van der Waals surface area contributed by atoms with Crippen LogP contribution in [0.15, 0.2) is 41.8 Å². The maximum absolute atomic E-state index is 8.31. The third-order valence-corrected chi connectivity index (χ3v) is 2.07. The molecule has 14 heavy (non-hydrogen) atoms. The Labute approximate surface area is 91.5 Å². The van der Waals surface area contributed by atoms with Crippen molar-refractivity contribution in [1.82, 2.24) is 0 Å². The van der Waals surface area contributed by atoms with Crippen LogP contribution in [0.25, 0.3) is 0 Å². The smallest absolute Gasteiger partial charge is 0.169 e. The van der Waals surface area contributed by atoms with E-state index in [1.165, 1.54) is 6.21 Å². The maximum atomic E-state index is 8.31. The molecule has 0 amide bonds. The normalized spacial score (nSPS) is 11.5. The number of alkyl halides is 1. The second-order valence-corrected chi connectivity index (χ2v) is 3.35. The van der Waals surface area contributed by atoms with E-state index >= 15 is 0 Å². The van der Waals surface area contributed by atoms with Gasteiger partial charge in [-0.25, -0.2) is 4.57 Å². The zero-order chi connectivity index (χ0) is 10.2. The van der Waals surface area contributed by atoms with Crippen molar-refractivity contribution >= 4 is 22.1 Å². The monoisotopic (exact) mass is 255 g/mol. The lowest BCUT2D eigenvalue weighted by atomic mass is 10.3. The van der Waals surface area contributed by atoms with E-state index in [4.69, 9.17) is 5.21 Å². The number of allylic oxidation sites excluding steroid dienone is 2. The molecule has 0 saturated carbocycles. The fraction of sp³-hybridized carbons (Fsp3) is 0.200. The summed E-state index contributed by atoms with van der Waals surface area (Å²) in [5.41, 5.74) is 0.883. The Morgan fingerprint density at radius 1 is 1.36 bits per heavy atom. The molecular formula is C10H12BrN2O+. The van der Waals surface area contributed by atoms with E-state index in [1.807, 2.05) is 29.1 Å². The summed E-state index contributed by atoms with van der Waals surface area (Å²) < 4.78 is 2.04. The summed E-state index contributed by atoms with van der Waals surface area (Å²) >= 11 is 3.31. The highest BCUT2D eigenvalue weighted by Gasteiger charge is 1.95. The van der Waals surface area contributed by atoms with E-state index in [0.29, 0.717) is 0 Å². The number of aromatic nitrogens is 1. The highest BCUT2D eigenvalue weighted by atomic mass is 79.9. The number of pyridine rings is 1. The van der Waals surface area contributed by atoms with Gasteiger partial charge in [-0.2, -0.15) is 0 Å². The summed E-state index contributed by atoms with van der Waals surface area (Å²) in [6.07, 6.45) is 9.41. The predicted octanol–water partition coefficient (Wildman–Crippen LogP) is 1.73. The van der Waals surface area contributed by atoms with Crippen molar-refractivity contribution in [2.24, 2.45) is 5.16 Å². The van der Waals surface area contributed by atoms with Crippen LogP contribution >= 0.6 is 15.9 Å². The molecule has 74 valence electrons. The minimum absolute atomic E-state index is 0.849. The summed E-state index contributed by atoms with van der Waals surface area (Å²) in [4.78, 5) is 0. The lowest BCUT2D eigenvalue weighted by molar-refractivity contribution is -0.687. The van der Waals surface area contributed by atoms with Crippen molar-refractivity contribution in [3.63, 3.8) is 0 Å². The molecule has 1 aromatic heterocycles. The molecule has 0 aromatic carbocycles. The molecule has 1 rings (SSSR count). The number of hydrogen-bond donors (Lipinski definition) is 1. The molecule has 0 bridgehead atoms. The van der Waals surface area contributed by atoms with E-state index < -0.39 is 0 Å². The van der Waals surface area contributed by atoms with Gasteiger partial charge < -0.3 is 5.21 Å². The predicted molar refractivity (Wildman–Crippen MR) is 59.0 cm³/mol. The van der Waals surface area contributed by atoms with Gasteiger partial charge in [0.15, 0.2) is 18.9 Å². The SMILES string of the molecule is O/N=C/c1cc[n+](CC=CCBr)cc1. The largest absolute Gasteiger partial charge is 0.411 e. The molecule has 1 heterocycles. The minimum Gasteiger partial charge on any atom is -0.411 e. The molecule has 0 spiro atoms. The van der Waals surface area contributed by atoms with E-state index in [0.717, 1.165) is 17.4 Å². The number of rotatable bonds is 4. The second-order valence-electron chi connectivity index (χ2n) is 2.70. The summed E-state index contributed by atoms with van der Waals surface area (Å²) in [6.45, 7) is 0.849. The van der Waals surface area contributed by atoms with Gasteiger partial charge in [-0.05, 0) is 6.08 Å². The molecule has 0 unspecified atom stereocenters. The molecule has 4 heteroatoms. The minimum atomic E-state index is 0.849. The first kappa shape index (κ1) is 10.9. The highest BCUT2D eigenvalue weighted by molar-refractivity contribution is 9.09. The van der Waals surface area contributed by atoms with Crippen LogP contribution in [-0.4, -0.2) is 16.8 Å². The van der Waals surface area contributed by atoms with Gasteiger partial charge in [-0.1, -0.05) is 27.2 Å². The van der Waals surface area contributed by atoms with Crippen molar-refractivity contribution in [3.8, 4) is 0 Å². The van der Waals surface area contributed by atoms with Crippen molar-refractivity contribution in [3.05, 3.63) is 42.2 Å². The first-order valence-electron chi connectivity index (χ1n) is 4.24. The van der Waals surface area contributed by atoms with Gasteiger partial charge >= 0.3 is 0 Å². The average molecular weight is 256 g/mol. The van der Waals surface area contributed by atoms with Gasteiger partial charge in [-0.15, -0.1) is 0 Å². The quantitative estimate of drug-likeness (QED) is 0.218. The van der Waals surface area contributed by atoms with Gasteiger partial charge in [0.2, 0.25) is 0 Å². The first-order chi connectivity index (χ1) is 6.86. The highest BCUT2D eigenvalue weighted by Crippen LogP contribution is 1.90. The molecule has 1 N–H and O–H groups in total. The van der Waals surface area contributed by atoms with Gasteiger partial charge in [0.05, 0.1) is 6.21 Å². The standard InChI is InChI=1S/C10H11BrN2O/c11-5-1-2-6-13-7-3-10(4-8-13)9-12-14/h1-4,7-9H,5-6H2/p+1. The van der Waals surface area contributed by atoms with Crippen LogP contribution in [0.4, 0.5) is 0 Å². The van der Waals surface area contributed by atoms with Crippen LogP contribution in [0.1, 0.15) is 5.56 Å². The number of nitrogens with zero attached hydrogens (tertiary/aromatic N) is 2. The van der Waals surface area contributed by atoms with Crippen molar-refractivity contribution in [2.45, 2.75) is 6.54 Å². The Morgan fingerprint density at radius 3 is 2.64 bits per heavy atom. The van der Waals surface area contributed by atoms with E-state index in [9.17, 15) is 0 Å². The van der Waals surface area contributed by atoms with Crippen molar-refractivity contribution in [1.29, 1.82) is 0 Å². The molecule has 0 atom stereocenters.